The number of carbonyl (C=O) groups is 1. The number of alkyl halides is 3. The van der Waals surface area contributed by atoms with Gasteiger partial charge in [-0.2, -0.15) is 18.3 Å². The van der Waals surface area contributed by atoms with E-state index in [9.17, 15) is 18.0 Å². The highest BCUT2D eigenvalue weighted by Crippen LogP contribution is 2.47. The molecule has 1 aliphatic rings. The molecule has 0 spiro atoms. The fraction of sp³-hybridized carbons (Fsp3) is 0.182. The Balaban J connectivity index is 1.36. The molecule has 7 heteroatoms. The van der Waals surface area contributed by atoms with E-state index in [0.717, 1.165) is 24.1 Å². The molecule has 1 aromatic heterocycles. The first kappa shape index (κ1) is 19.0. The average Bonchev–Trinajstić information content (AvgIpc) is 3.39. The van der Waals surface area contributed by atoms with Crippen molar-refractivity contribution in [3.8, 4) is 11.3 Å². The van der Waals surface area contributed by atoms with Gasteiger partial charge in [0.05, 0.1) is 11.8 Å². The molecule has 1 aliphatic carbocycles. The highest BCUT2D eigenvalue weighted by molar-refractivity contribution is 5.85. The van der Waals surface area contributed by atoms with Crippen molar-refractivity contribution in [1.29, 1.82) is 0 Å². The van der Waals surface area contributed by atoms with Crippen LogP contribution in [0.4, 0.5) is 13.2 Å². The summed E-state index contributed by atoms with van der Waals surface area (Å²) in [7, 11) is 0. The Labute approximate surface area is 165 Å². The molecule has 1 N–H and O–H groups in total. The predicted molar refractivity (Wildman–Crippen MR) is 102 cm³/mol. The normalized spacial score (nSPS) is 18.7. The largest absolute Gasteiger partial charge is 0.455 e. The molecule has 148 valence electrons. The van der Waals surface area contributed by atoms with Gasteiger partial charge in [-0.15, -0.1) is 0 Å². The van der Waals surface area contributed by atoms with Gasteiger partial charge in [-0.1, -0.05) is 42.5 Å². The number of amides is 1. The van der Waals surface area contributed by atoms with E-state index in [1.165, 1.54) is 18.3 Å². The number of rotatable bonds is 5. The first-order valence-corrected chi connectivity index (χ1v) is 9.07. The third-order valence-electron chi connectivity index (χ3n) is 4.82. The van der Waals surface area contributed by atoms with Gasteiger partial charge in [-0.05, 0) is 42.2 Å². The summed E-state index contributed by atoms with van der Waals surface area (Å²) in [5.74, 6) is 0.553. The number of furan rings is 1. The number of hydrogen-bond donors (Lipinski definition) is 1. The van der Waals surface area contributed by atoms with Crippen molar-refractivity contribution < 1.29 is 22.4 Å². The van der Waals surface area contributed by atoms with Gasteiger partial charge in [0, 0.05) is 11.5 Å². The van der Waals surface area contributed by atoms with Gasteiger partial charge in [0.15, 0.2) is 0 Å². The van der Waals surface area contributed by atoms with Crippen LogP contribution in [-0.2, 0) is 11.0 Å². The number of benzene rings is 2. The molecular formula is C22H17F3N2O2. The topological polar surface area (TPSA) is 54.6 Å². The second-order valence-electron chi connectivity index (χ2n) is 6.87. The van der Waals surface area contributed by atoms with Crippen LogP contribution in [0.3, 0.4) is 0 Å². The predicted octanol–water partition coefficient (Wildman–Crippen LogP) is 5.22. The standard InChI is InChI=1S/C22H17F3N2O2/c23-22(24,25)16-8-4-7-15(11-16)20-10-9-17(29-20)13-26-27-21(28)19-12-18(19)14-5-2-1-3-6-14/h1-11,13,18-19H,12H2,(H,27,28). The van der Waals surface area contributed by atoms with Crippen LogP contribution in [0.1, 0.15) is 29.2 Å². The van der Waals surface area contributed by atoms with Crippen LogP contribution in [0, 0.1) is 5.92 Å². The van der Waals surface area contributed by atoms with Gasteiger partial charge < -0.3 is 4.42 Å². The second-order valence-corrected chi connectivity index (χ2v) is 6.87. The molecule has 0 radical (unpaired) electrons. The van der Waals surface area contributed by atoms with Crippen LogP contribution in [0.25, 0.3) is 11.3 Å². The number of hydrogen-bond acceptors (Lipinski definition) is 3. The number of halogens is 3. The van der Waals surface area contributed by atoms with E-state index in [1.807, 2.05) is 30.3 Å². The molecule has 0 saturated heterocycles. The van der Waals surface area contributed by atoms with Crippen LogP contribution in [0.15, 0.2) is 76.2 Å². The SMILES string of the molecule is O=C(NN=Cc1ccc(-c2cccc(C(F)(F)F)c2)o1)C1CC1c1ccccc1. The Morgan fingerprint density at radius 1 is 1.07 bits per heavy atom. The van der Waals surface area contributed by atoms with E-state index in [1.54, 1.807) is 12.1 Å². The fourth-order valence-corrected chi connectivity index (χ4v) is 3.22. The first-order valence-electron chi connectivity index (χ1n) is 9.07. The molecule has 2 atom stereocenters. The third-order valence-corrected chi connectivity index (χ3v) is 4.82. The minimum atomic E-state index is -4.42. The van der Waals surface area contributed by atoms with Gasteiger partial charge in [0.2, 0.25) is 5.91 Å². The molecule has 29 heavy (non-hydrogen) atoms. The Hall–Kier alpha value is -3.35. The molecule has 1 heterocycles. The molecule has 2 unspecified atom stereocenters. The van der Waals surface area contributed by atoms with E-state index >= 15 is 0 Å². The van der Waals surface area contributed by atoms with Gasteiger partial charge in [0.1, 0.15) is 11.5 Å². The zero-order valence-electron chi connectivity index (χ0n) is 15.2. The zero-order chi connectivity index (χ0) is 20.4. The molecule has 1 saturated carbocycles. The van der Waals surface area contributed by atoms with Gasteiger partial charge in [-0.3, -0.25) is 4.79 Å². The number of nitrogens with zero attached hydrogens (tertiary/aromatic N) is 1. The molecule has 1 amide bonds. The molecule has 1 fully saturated rings. The Morgan fingerprint density at radius 3 is 2.62 bits per heavy atom. The van der Waals surface area contributed by atoms with Crippen LogP contribution in [-0.4, -0.2) is 12.1 Å². The molecule has 0 aliphatic heterocycles. The molecule has 3 aromatic rings. The summed E-state index contributed by atoms with van der Waals surface area (Å²) in [4.78, 5) is 12.2. The molecule has 4 rings (SSSR count). The Morgan fingerprint density at radius 2 is 1.86 bits per heavy atom. The number of hydrazone groups is 1. The van der Waals surface area contributed by atoms with Gasteiger partial charge in [0.25, 0.3) is 0 Å². The monoisotopic (exact) mass is 398 g/mol. The van der Waals surface area contributed by atoms with Crippen LogP contribution >= 0.6 is 0 Å². The number of nitrogens with one attached hydrogen (secondary N) is 1. The molecular weight excluding hydrogens is 381 g/mol. The minimum Gasteiger partial charge on any atom is -0.455 e. The van der Waals surface area contributed by atoms with E-state index in [0.29, 0.717) is 11.3 Å². The zero-order valence-corrected chi connectivity index (χ0v) is 15.2. The van der Waals surface area contributed by atoms with Crippen molar-refractivity contribution in [2.45, 2.75) is 18.5 Å². The van der Waals surface area contributed by atoms with Crippen LogP contribution in [0.2, 0.25) is 0 Å². The molecule has 2 aromatic carbocycles. The van der Waals surface area contributed by atoms with E-state index < -0.39 is 11.7 Å². The lowest BCUT2D eigenvalue weighted by Crippen LogP contribution is -2.20. The van der Waals surface area contributed by atoms with Crippen molar-refractivity contribution in [2.24, 2.45) is 11.0 Å². The van der Waals surface area contributed by atoms with E-state index in [-0.39, 0.29) is 23.5 Å². The lowest BCUT2D eigenvalue weighted by Gasteiger charge is -2.07. The summed E-state index contributed by atoms with van der Waals surface area (Å²) in [5, 5.41) is 3.90. The van der Waals surface area contributed by atoms with Crippen LogP contribution < -0.4 is 5.43 Å². The van der Waals surface area contributed by atoms with Crippen molar-refractivity contribution in [2.75, 3.05) is 0 Å². The quantitative estimate of drug-likeness (QED) is 0.473. The summed E-state index contributed by atoms with van der Waals surface area (Å²) in [5.41, 5.74) is 3.19. The summed E-state index contributed by atoms with van der Waals surface area (Å²) in [6, 6.07) is 17.9. The second kappa shape index (κ2) is 7.58. The smallest absolute Gasteiger partial charge is 0.416 e. The summed E-state index contributed by atoms with van der Waals surface area (Å²) in [6.07, 6.45) is -2.31. The average molecular weight is 398 g/mol. The van der Waals surface area contributed by atoms with Gasteiger partial charge >= 0.3 is 6.18 Å². The third kappa shape index (κ3) is 4.39. The summed E-state index contributed by atoms with van der Waals surface area (Å²) in [6.45, 7) is 0. The highest BCUT2D eigenvalue weighted by Gasteiger charge is 2.43. The lowest BCUT2D eigenvalue weighted by molar-refractivity contribution is -0.137. The van der Waals surface area contributed by atoms with E-state index in [4.69, 9.17) is 4.42 Å². The van der Waals surface area contributed by atoms with Crippen molar-refractivity contribution in [3.05, 3.63) is 83.6 Å². The number of carbonyl (C=O) groups excluding carboxylic acids is 1. The maximum Gasteiger partial charge on any atom is 0.416 e. The Bertz CT molecular complexity index is 1040. The minimum absolute atomic E-state index is 0.105. The van der Waals surface area contributed by atoms with Gasteiger partial charge in [-0.25, -0.2) is 5.43 Å². The van der Waals surface area contributed by atoms with Crippen molar-refractivity contribution >= 4 is 12.1 Å². The maximum absolute atomic E-state index is 12.8. The summed E-state index contributed by atoms with van der Waals surface area (Å²) >= 11 is 0. The molecule has 0 bridgehead atoms. The maximum atomic E-state index is 12.8. The Kier molecular flexibility index (Phi) is 4.96. The first-order chi connectivity index (χ1) is 13.9. The summed E-state index contributed by atoms with van der Waals surface area (Å²) < 4.78 is 44.1. The lowest BCUT2D eigenvalue weighted by atomic mass is 10.1. The van der Waals surface area contributed by atoms with Crippen molar-refractivity contribution in [3.63, 3.8) is 0 Å². The highest BCUT2D eigenvalue weighted by atomic mass is 19.4. The molecule has 4 nitrogen and oxygen atoms in total. The van der Waals surface area contributed by atoms with E-state index in [2.05, 4.69) is 10.5 Å². The van der Waals surface area contributed by atoms with Crippen LogP contribution in [0.5, 0.6) is 0 Å². The van der Waals surface area contributed by atoms with Crippen molar-refractivity contribution in [1.82, 2.24) is 5.43 Å². The fourth-order valence-electron chi connectivity index (χ4n) is 3.22.